The minimum atomic E-state index is -1.59. The van der Waals surface area contributed by atoms with Gasteiger partial charge in [0.05, 0.1) is 12.5 Å². The van der Waals surface area contributed by atoms with E-state index < -0.39 is 60.2 Å². The molecule has 0 saturated carbocycles. The minimum absolute atomic E-state index is 0.0456. The first kappa shape index (κ1) is 31.0. The Bertz CT molecular complexity index is 1130. The number of amides is 3. The standard InChI is InChI=1S/C28H36N4O7/c1-17(2)13-20(29)25(35)30-21(14-18-9-5-3-6-10-18)26(36)31-22(16-24(33)34)27(37)32-23(28(38)39)15-19-11-7-4-8-12-19/h3-12,17,20-23H,13-16,29H2,1-2H3,(H,30,35)(H,31,36)(H,32,37)(H,33,34)(H,38,39). The fraction of sp³-hybridized carbons (Fsp3) is 0.393. The van der Waals surface area contributed by atoms with Gasteiger partial charge in [0.1, 0.15) is 18.1 Å². The Morgan fingerprint density at radius 2 is 1.13 bits per heavy atom. The molecule has 0 aliphatic carbocycles. The highest BCUT2D eigenvalue weighted by atomic mass is 16.4. The Morgan fingerprint density at radius 3 is 1.59 bits per heavy atom. The monoisotopic (exact) mass is 540 g/mol. The number of carbonyl (C=O) groups excluding carboxylic acids is 3. The molecule has 2 aromatic rings. The highest BCUT2D eigenvalue weighted by Crippen LogP contribution is 2.08. The van der Waals surface area contributed by atoms with Crippen LogP contribution in [0.1, 0.15) is 37.8 Å². The van der Waals surface area contributed by atoms with Crippen LogP contribution in [0.3, 0.4) is 0 Å². The van der Waals surface area contributed by atoms with Crippen LogP contribution in [-0.4, -0.2) is 64.0 Å². The predicted octanol–water partition coefficient (Wildman–Crippen LogP) is 0.859. The van der Waals surface area contributed by atoms with Crippen LogP contribution in [0.15, 0.2) is 60.7 Å². The van der Waals surface area contributed by atoms with Crippen molar-refractivity contribution in [2.24, 2.45) is 11.7 Å². The van der Waals surface area contributed by atoms with Crippen molar-refractivity contribution in [2.45, 2.75) is 63.7 Å². The van der Waals surface area contributed by atoms with E-state index in [-0.39, 0.29) is 18.8 Å². The van der Waals surface area contributed by atoms with Gasteiger partial charge < -0.3 is 31.9 Å². The van der Waals surface area contributed by atoms with E-state index in [9.17, 15) is 34.2 Å². The number of rotatable bonds is 15. The van der Waals surface area contributed by atoms with Gasteiger partial charge in [0.25, 0.3) is 0 Å². The van der Waals surface area contributed by atoms with Crippen LogP contribution in [0.25, 0.3) is 0 Å². The fourth-order valence-electron chi connectivity index (χ4n) is 3.93. The van der Waals surface area contributed by atoms with E-state index >= 15 is 0 Å². The molecule has 4 atom stereocenters. The van der Waals surface area contributed by atoms with Crippen molar-refractivity contribution in [2.75, 3.05) is 0 Å². The van der Waals surface area contributed by atoms with Crippen molar-refractivity contribution in [3.8, 4) is 0 Å². The van der Waals surface area contributed by atoms with Gasteiger partial charge in [-0.25, -0.2) is 4.79 Å². The quantitative estimate of drug-likeness (QED) is 0.192. The Morgan fingerprint density at radius 1 is 0.692 bits per heavy atom. The molecule has 0 aromatic heterocycles. The molecule has 0 bridgehead atoms. The van der Waals surface area contributed by atoms with Gasteiger partial charge in [0.2, 0.25) is 17.7 Å². The zero-order valence-electron chi connectivity index (χ0n) is 22.0. The third-order valence-corrected chi connectivity index (χ3v) is 5.89. The van der Waals surface area contributed by atoms with Crippen molar-refractivity contribution in [3.63, 3.8) is 0 Å². The Hall–Kier alpha value is -4.25. The molecule has 2 rings (SSSR count). The number of carboxylic acid groups (broad SMARTS) is 2. The third-order valence-electron chi connectivity index (χ3n) is 5.89. The topological polar surface area (TPSA) is 188 Å². The first-order chi connectivity index (χ1) is 18.5. The summed E-state index contributed by atoms with van der Waals surface area (Å²) in [7, 11) is 0. The Kier molecular flexibility index (Phi) is 12.1. The van der Waals surface area contributed by atoms with Gasteiger partial charge in [-0.3, -0.25) is 19.2 Å². The number of hydrogen-bond acceptors (Lipinski definition) is 6. The highest BCUT2D eigenvalue weighted by Gasteiger charge is 2.32. The van der Waals surface area contributed by atoms with Crippen LogP contribution in [0, 0.1) is 5.92 Å². The maximum Gasteiger partial charge on any atom is 0.326 e. The van der Waals surface area contributed by atoms with Gasteiger partial charge in [-0.05, 0) is 23.5 Å². The Balaban J connectivity index is 2.22. The normalized spacial score (nSPS) is 13.9. The molecule has 11 nitrogen and oxygen atoms in total. The molecule has 0 aliphatic rings. The lowest BCUT2D eigenvalue weighted by Gasteiger charge is -2.25. The summed E-state index contributed by atoms with van der Waals surface area (Å²) in [6.45, 7) is 3.80. The van der Waals surface area contributed by atoms with Crippen LogP contribution >= 0.6 is 0 Å². The van der Waals surface area contributed by atoms with Crippen LogP contribution in [0.5, 0.6) is 0 Å². The summed E-state index contributed by atoms with van der Waals surface area (Å²) in [6, 6.07) is 12.4. The second kappa shape index (κ2) is 15.2. The van der Waals surface area contributed by atoms with Crippen LogP contribution in [0.4, 0.5) is 0 Å². The molecular formula is C28H36N4O7. The van der Waals surface area contributed by atoms with E-state index in [1.807, 2.05) is 13.8 Å². The zero-order chi connectivity index (χ0) is 28.9. The highest BCUT2D eigenvalue weighted by molar-refractivity contribution is 5.95. The van der Waals surface area contributed by atoms with Crippen molar-refractivity contribution < 1.29 is 34.2 Å². The molecule has 0 spiro atoms. The summed E-state index contributed by atoms with van der Waals surface area (Å²) in [6.07, 6.45) is -0.405. The van der Waals surface area contributed by atoms with E-state index in [1.165, 1.54) is 0 Å². The van der Waals surface area contributed by atoms with Gasteiger partial charge >= 0.3 is 11.9 Å². The van der Waals surface area contributed by atoms with E-state index in [4.69, 9.17) is 5.73 Å². The maximum absolute atomic E-state index is 13.3. The van der Waals surface area contributed by atoms with Crippen molar-refractivity contribution in [1.29, 1.82) is 0 Å². The lowest BCUT2D eigenvalue weighted by atomic mass is 10.0. The SMILES string of the molecule is CC(C)CC(N)C(=O)NC(Cc1ccccc1)C(=O)NC(CC(=O)O)C(=O)NC(Cc1ccccc1)C(=O)O. The average molecular weight is 541 g/mol. The summed E-state index contributed by atoms with van der Waals surface area (Å²) in [5.41, 5.74) is 7.34. The molecule has 0 radical (unpaired) electrons. The van der Waals surface area contributed by atoms with E-state index in [0.717, 1.165) is 0 Å². The van der Waals surface area contributed by atoms with Gasteiger partial charge in [-0.1, -0.05) is 74.5 Å². The minimum Gasteiger partial charge on any atom is -0.481 e. The molecule has 11 heteroatoms. The molecule has 3 amide bonds. The lowest BCUT2D eigenvalue weighted by Crippen LogP contribution is -2.58. The summed E-state index contributed by atoms with van der Waals surface area (Å²) in [5.74, 6) is -4.91. The van der Waals surface area contributed by atoms with Crippen LogP contribution < -0.4 is 21.7 Å². The van der Waals surface area contributed by atoms with Crippen molar-refractivity contribution in [3.05, 3.63) is 71.8 Å². The summed E-state index contributed by atoms with van der Waals surface area (Å²) < 4.78 is 0. The van der Waals surface area contributed by atoms with Crippen LogP contribution in [-0.2, 0) is 36.8 Å². The molecule has 7 N–H and O–H groups in total. The van der Waals surface area contributed by atoms with E-state index in [2.05, 4.69) is 16.0 Å². The molecule has 0 aliphatic heterocycles. The number of benzene rings is 2. The second-order valence-electron chi connectivity index (χ2n) is 9.74. The van der Waals surface area contributed by atoms with Gasteiger partial charge in [0.15, 0.2) is 0 Å². The first-order valence-corrected chi connectivity index (χ1v) is 12.6. The molecule has 0 heterocycles. The maximum atomic E-state index is 13.3. The molecule has 0 fully saturated rings. The number of hydrogen-bond donors (Lipinski definition) is 6. The van der Waals surface area contributed by atoms with Gasteiger partial charge in [0, 0.05) is 12.8 Å². The van der Waals surface area contributed by atoms with Gasteiger partial charge in [-0.15, -0.1) is 0 Å². The number of carboxylic acids is 2. The van der Waals surface area contributed by atoms with Crippen LogP contribution in [0.2, 0.25) is 0 Å². The number of carbonyl (C=O) groups is 5. The van der Waals surface area contributed by atoms with E-state index in [1.54, 1.807) is 60.7 Å². The molecule has 2 aromatic carbocycles. The second-order valence-corrected chi connectivity index (χ2v) is 9.74. The lowest BCUT2D eigenvalue weighted by molar-refractivity contribution is -0.143. The summed E-state index contributed by atoms with van der Waals surface area (Å²) in [5, 5.41) is 26.3. The summed E-state index contributed by atoms with van der Waals surface area (Å²) in [4.78, 5) is 62.3. The van der Waals surface area contributed by atoms with Crippen molar-refractivity contribution in [1.82, 2.24) is 16.0 Å². The Labute approximate surface area is 227 Å². The predicted molar refractivity (Wildman–Crippen MR) is 143 cm³/mol. The molecular weight excluding hydrogens is 504 g/mol. The van der Waals surface area contributed by atoms with E-state index in [0.29, 0.717) is 17.5 Å². The smallest absolute Gasteiger partial charge is 0.326 e. The largest absolute Gasteiger partial charge is 0.481 e. The average Bonchev–Trinajstić information content (AvgIpc) is 2.87. The zero-order valence-corrected chi connectivity index (χ0v) is 22.0. The van der Waals surface area contributed by atoms with Gasteiger partial charge in [-0.2, -0.15) is 0 Å². The molecule has 4 unspecified atom stereocenters. The molecule has 39 heavy (non-hydrogen) atoms. The number of nitrogens with one attached hydrogen (secondary N) is 3. The first-order valence-electron chi connectivity index (χ1n) is 12.6. The third kappa shape index (κ3) is 10.9. The molecule has 210 valence electrons. The number of nitrogens with two attached hydrogens (primary N) is 1. The summed E-state index contributed by atoms with van der Waals surface area (Å²) >= 11 is 0. The fourth-order valence-corrected chi connectivity index (χ4v) is 3.93. The molecule has 0 saturated heterocycles. The van der Waals surface area contributed by atoms with Crippen molar-refractivity contribution >= 4 is 29.7 Å². The number of aliphatic carboxylic acids is 2.